The van der Waals surface area contributed by atoms with Gasteiger partial charge in [0.15, 0.2) is 0 Å². The highest BCUT2D eigenvalue weighted by Gasteiger charge is 2.35. The van der Waals surface area contributed by atoms with Crippen LogP contribution in [0.2, 0.25) is 0 Å². The number of rotatable bonds is 4. The predicted octanol–water partition coefficient (Wildman–Crippen LogP) is 1.82. The summed E-state index contributed by atoms with van der Waals surface area (Å²) in [5.41, 5.74) is 1.62. The summed E-state index contributed by atoms with van der Waals surface area (Å²) in [6.07, 6.45) is 1.75. The maximum atomic E-state index is 12.1. The summed E-state index contributed by atoms with van der Waals surface area (Å²) in [7, 11) is 0. The molecule has 0 atom stereocenters. The van der Waals surface area contributed by atoms with Gasteiger partial charge in [0.25, 0.3) is 0 Å². The first-order valence-corrected chi connectivity index (χ1v) is 5.68. The van der Waals surface area contributed by atoms with Gasteiger partial charge in [-0.1, -0.05) is 18.2 Å². The van der Waals surface area contributed by atoms with Crippen LogP contribution in [0.3, 0.4) is 0 Å². The normalized spacial score (nSPS) is 14.4. The van der Waals surface area contributed by atoms with Gasteiger partial charge in [0.1, 0.15) is 6.54 Å². The molecule has 1 aromatic carbocycles. The number of aryl methyl sites for hydroxylation is 1. The van der Waals surface area contributed by atoms with Gasteiger partial charge >= 0.3 is 5.97 Å². The van der Waals surface area contributed by atoms with Crippen molar-refractivity contribution in [3.05, 3.63) is 29.8 Å². The monoisotopic (exact) mass is 233 g/mol. The second kappa shape index (κ2) is 4.57. The molecule has 4 nitrogen and oxygen atoms in total. The molecule has 1 aliphatic carbocycles. The molecule has 0 bridgehead atoms. The van der Waals surface area contributed by atoms with E-state index in [9.17, 15) is 9.59 Å². The molecule has 1 fully saturated rings. The number of hydrogen-bond donors (Lipinski definition) is 1. The minimum atomic E-state index is -0.984. The Bertz CT molecular complexity index is 452. The quantitative estimate of drug-likeness (QED) is 0.863. The van der Waals surface area contributed by atoms with Crippen molar-refractivity contribution in [3.8, 4) is 0 Å². The molecule has 1 amide bonds. The fourth-order valence-corrected chi connectivity index (χ4v) is 1.83. The summed E-state index contributed by atoms with van der Waals surface area (Å²) < 4.78 is 0. The lowest BCUT2D eigenvalue weighted by molar-refractivity contribution is -0.136. The second-order valence-electron chi connectivity index (χ2n) is 4.38. The summed E-state index contributed by atoms with van der Waals surface area (Å²) in [5.74, 6) is -1.03. The van der Waals surface area contributed by atoms with E-state index in [0.717, 1.165) is 18.4 Å². The van der Waals surface area contributed by atoms with Crippen molar-refractivity contribution in [2.24, 2.45) is 5.92 Å². The molecule has 1 aromatic rings. The van der Waals surface area contributed by atoms with Crippen LogP contribution in [0.1, 0.15) is 18.4 Å². The average Bonchev–Trinajstić information content (AvgIpc) is 3.09. The van der Waals surface area contributed by atoms with E-state index in [1.165, 1.54) is 4.90 Å². The van der Waals surface area contributed by atoms with Crippen LogP contribution in [0.15, 0.2) is 24.3 Å². The fourth-order valence-electron chi connectivity index (χ4n) is 1.83. The van der Waals surface area contributed by atoms with Gasteiger partial charge in [0.2, 0.25) is 5.91 Å². The van der Waals surface area contributed by atoms with Gasteiger partial charge in [-0.3, -0.25) is 9.59 Å². The van der Waals surface area contributed by atoms with Gasteiger partial charge < -0.3 is 10.0 Å². The van der Waals surface area contributed by atoms with Crippen LogP contribution in [0, 0.1) is 12.8 Å². The van der Waals surface area contributed by atoms with E-state index in [2.05, 4.69) is 0 Å². The molecule has 2 rings (SSSR count). The predicted molar refractivity (Wildman–Crippen MR) is 63.9 cm³/mol. The van der Waals surface area contributed by atoms with Crippen molar-refractivity contribution in [2.45, 2.75) is 19.8 Å². The number of carbonyl (C=O) groups is 2. The smallest absolute Gasteiger partial charge is 0.323 e. The van der Waals surface area contributed by atoms with Crippen LogP contribution in [-0.2, 0) is 9.59 Å². The minimum Gasteiger partial charge on any atom is -0.480 e. The van der Waals surface area contributed by atoms with Crippen molar-refractivity contribution in [1.29, 1.82) is 0 Å². The van der Waals surface area contributed by atoms with Gasteiger partial charge in [-0.25, -0.2) is 0 Å². The van der Waals surface area contributed by atoms with E-state index in [4.69, 9.17) is 5.11 Å². The topological polar surface area (TPSA) is 57.6 Å². The number of nitrogens with zero attached hydrogens (tertiary/aromatic N) is 1. The first-order chi connectivity index (χ1) is 8.09. The third-order valence-corrected chi connectivity index (χ3v) is 2.89. The fraction of sp³-hybridized carbons (Fsp3) is 0.385. The number of carboxylic acid groups (broad SMARTS) is 1. The van der Waals surface area contributed by atoms with E-state index in [1.54, 1.807) is 6.07 Å². The molecule has 0 unspecified atom stereocenters. The van der Waals surface area contributed by atoms with E-state index in [0.29, 0.717) is 5.69 Å². The van der Waals surface area contributed by atoms with Crippen molar-refractivity contribution in [3.63, 3.8) is 0 Å². The largest absolute Gasteiger partial charge is 0.480 e. The highest BCUT2D eigenvalue weighted by Crippen LogP contribution is 2.33. The van der Waals surface area contributed by atoms with Crippen molar-refractivity contribution in [1.82, 2.24) is 0 Å². The Morgan fingerprint density at radius 3 is 2.53 bits per heavy atom. The lowest BCUT2D eigenvalue weighted by atomic mass is 10.1. The van der Waals surface area contributed by atoms with Gasteiger partial charge in [-0.05, 0) is 31.4 Å². The Hall–Kier alpha value is -1.84. The number of hydrogen-bond acceptors (Lipinski definition) is 2. The van der Waals surface area contributed by atoms with Crippen LogP contribution < -0.4 is 4.90 Å². The summed E-state index contributed by atoms with van der Waals surface area (Å²) >= 11 is 0. The number of carboxylic acids is 1. The molecule has 0 radical (unpaired) electrons. The molecule has 0 spiro atoms. The number of benzene rings is 1. The first-order valence-electron chi connectivity index (χ1n) is 5.68. The third kappa shape index (κ3) is 2.64. The molecule has 1 N–H and O–H groups in total. The molecular weight excluding hydrogens is 218 g/mol. The first kappa shape index (κ1) is 11.6. The Labute approximate surface area is 99.9 Å². The third-order valence-electron chi connectivity index (χ3n) is 2.89. The molecule has 0 saturated heterocycles. The van der Waals surface area contributed by atoms with Crippen LogP contribution in [0.5, 0.6) is 0 Å². The minimum absolute atomic E-state index is 0.0222. The van der Waals surface area contributed by atoms with Gasteiger partial charge in [0, 0.05) is 11.6 Å². The average molecular weight is 233 g/mol. The molecule has 1 saturated carbocycles. The molecule has 1 aliphatic rings. The summed E-state index contributed by atoms with van der Waals surface area (Å²) in [4.78, 5) is 24.3. The molecule has 0 aliphatic heterocycles. The van der Waals surface area contributed by atoms with E-state index in [1.807, 2.05) is 25.1 Å². The summed E-state index contributed by atoms with van der Waals surface area (Å²) in [6.45, 7) is 1.62. The Kier molecular flexibility index (Phi) is 3.13. The number of carbonyl (C=O) groups excluding carboxylic acids is 1. The zero-order chi connectivity index (χ0) is 12.4. The van der Waals surface area contributed by atoms with Crippen LogP contribution >= 0.6 is 0 Å². The molecular formula is C13H15NO3. The zero-order valence-corrected chi connectivity index (χ0v) is 9.72. The maximum Gasteiger partial charge on any atom is 0.323 e. The summed E-state index contributed by atoms with van der Waals surface area (Å²) in [5, 5.41) is 8.89. The lowest BCUT2D eigenvalue weighted by Crippen LogP contribution is -2.37. The second-order valence-corrected chi connectivity index (χ2v) is 4.38. The molecule has 0 aromatic heterocycles. The van der Waals surface area contributed by atoms with Gasteiger partial charge in [-0.2, -0.15) is 0 Å². The highest BCUT2D eigenvalue weighted by atomic mass is 16.4. The number of anilines is 1. The molecule has 90 valence electrons. The molecule has 17 heavy (non-hydrogen) atoms. The summed E-state index contributed by atoms with van der Waals surface area (Å²) in [6, 6.07) is 7.36. The zero-order valence-electron chi connectivity index (χ0n) is 9.72. The van der Waals surface area contributed by atoms with E-state index < -0.39 is 5.97 Å². The maximum absolute atomic E-state index is 12.1. The van der Waals surface area contributed by atoms with Crippen LogP contribution in [0.4, 0.5) is 5.69 Å². The van der Waals surface area contributed by atoms with Crippen molar-refractivity contribution >= 4 is 17.6 Å². The van der Waals surface area contributed by atoms with Crippen molar-refractivity contribution in [2.75, 3.05) is 11.4 Å². The lowest BCUT2D eigenvalue weighted by Gasteiger charge is -2.22. The number of amides is 1. The standard InChI is InChI=1S/C13H15NO3/c1-9-4-2-3-5-11(9)14(8-12(15)16)13(17)10-6-7-10/h2-5,10H,6-8H2,1H3,(H,15,16). The molecule has 0 heterocycles. The van der Waals surface area contributed by atoms with E-state index in [-0.39, 0.29) is 18.4 Å². The van der Waals surface area contributed by atoms with Crippen LogP contribution in [0.25, 0.3) is 0 Å². The highest BCUT2D eigenvalue weighted by molar-refractivity contribution is 6.00. The Morgan fingerprint density at radius 1 is 1.35 bits per heavy atom. The Morgan fingerprint density at radius 2 is 2.00 bits per heavy atom. The SMILES string of the molecule is Cc1ccccc1N(CC(=O)O)C(=O)C1CC1. The van der Waals surface area contributed by atoms with Gasteiger partial charge in [0.05, 0.1) is 0 Å². The number of aliphatic carboxylic acids is 1. The molecule has 4 heteroatoms. The Balaban J connectivity index is 2.28. The van der Waals surface area contributed by atoms with E-state index >= 15 is 0 Å². The van der Waals surface area contributed by atoms with Gasteiger partial charge in [-0.15, -0.1) is 0 Å². The number of para-hydroxylation sites is 1. The van der Waals surface area contributed by atoms with Crippen molar-refractivity contribution < 1.29 is 14.7 Å². The van der Waals surface area contributed by atoms with Crippen LogP contribution in [-0.4, -0.2) is 23.5 Å².